The highest BCUT2D eigenvalue weighted by atomic mass is 16.5. The summed E-state index contributed by atoms with van der Waals surface area (Å²) in [6.07, 6.45) is 1.83. The zero-order chi connectivity index (χ0) is 13.4. The molecule has 18 heavy (non-hydrogen) atoms. The minimum Gasteiger partial charge on any atom is -0.497 e. The third-order valence-corrected chi connectivity index (χ3v) is 2.71. The third-order valence-electron chi connectivity index (χ3n) is 2.71. The van der Waals surface area contributed by atoms with Crippen molar-refractivity contribution in [2.45, 2.75) is 25.8 Å². The standard InChI is InChI=1S/C14H21NO3/c1-11(15-14(16)10-17-2)4-5-12-6-8-13(18-3)9-7-12/h6-9,11H,4-5,10H2,1-3H3,(H,15,16). The van der Waals surface area contributed by atoms with Crippen LogP contribution in [0, 0.1) is 0 Å². The smallest absolute Gasteiger partial charge is 0.246 e. The molecule has 0 aliphatic heterocycles. The number of hydrogen-bond acceptors (Lipinski definition) is 3. The molecule has 0 saturated carbocycles. The zero-order valence-corrected chi connectivity index (χ0v) is 11.2. The first-order valence-corrected chi connectivity index (χ1v) is 6.07. The summed E-state index contributed by atoms with van der Waals surface area (Å²) in [7, 11) is 3.17. The Bertz CT molecular complexity index is 362. The van der Waals surface area contributed by atoms with Gasteiger partial charge in [0.2, 0.25) is 5.91 Å². The molecule has 0 bridgehead atoms. The molecular weight excluding hydrogens is 230 g/mol. The van der Waals surface area contributed by atoms with E-state index in [9.17, 15) is 4.79 Å². The number of amides is 1. The van der Waals surface area contributed by atoms with Crippen LogP contribution in [0.25, 0.3) is 0 Å². The SMILES string of the molecule is COCC(=O)NC(C)CCc1ccc(OC)cc1. The molecule has 0 aromatic heterocycles. The highest BCUT2D eigenvalue weighted by Crippen LogP contribution is 2.13. The van der Waals surface area contributed by atoms with Crippen LogP contribution >= 0.6 is 0 Å². The molecule has 1 amide bonds. The summed E-state index contributed by atoms with van der Waals surface area (Å²) < 4.78 is 9.87. The molecule has 0 heterocycles. The van der Waals surface area contributed by atoms with E-state index in [4.69, 9.17) is 9.47 Å². The fourth-order valence-electron chi connectivity index (χ4n) is 1.70. The molecule has 4 heteroatoms. The average Bonchev–Trinajstić information content (AvgIpc) is 2.37. The average molecular weight is 251 g/mol. The molecule has 0 spiro atoms. The lowest BCUT2D eigenvalue weighted by Gasteiger charge is -2.13. The maximum atomic E-state index is 11.3. The Morgan fingerprint density at radius 1 is 1.28 bits per heavy atom. The van der Waals surface area contributed by atoms with E-state index in [1.54, 1.807) is 7.11 Å². The predicted molar refractivity (Wildman–Crippen MR) is 70.8 cm³/mol. The Morgan fingerprint density at radius 2 is 1.94 bits per heavy atom. The largest absolute Gasteiger partial charge is 0.497 e. The molecule has 0 saturated heterocycles. The van der Waals surface area contributed by atoms with E-state index >= 15 is 0 Å². The van der Waals surface area contributed by atoms with Crippen molar-refractivity contribution in [3.05, 3.63) is 29.8 Å². The maximum Gasteiger partial charge on any atom is 0.246 e. The molecule has 1 rings (SSSR count). The van der Waals surface area contributed by atoms with E-state index in [-0.39, 0.29) is 18.6 Å². The molecule has 1 N–H and O–H groups in total. The molecule has 1 atom stereocenters. The number of rotatable bonds is 7. The molecule has 1 aromatic rings. The summed E-state index contributed by atoms with van der Waals surface area (Å²) in [6, 6.07) is 8.13. The van der Waals surface area contributed by atoms with Crippen molar-refractivity contribution in [3.63, 3.8) is 0 Å². The summed E-state index contributed by atoms with van der Waals surface area (Å²) in [5.41, 5.74) is 1.24. The Balaban J connectivity index is 2.32. The van der Waals surface area contributed by atoms with Gasteiger partial charge < -0.3 is 14.8 Å². The molecule has 1 unspecified atom stereocenters. The topological polar surface area (TPSA) is 47.6 Å². The summed E-state index contributed by atoms with van der Waals surface area (Å²) in [4.78, 5) is 11.3. The van der Waals surface area contributed by atoms with Gasteiger partial charge in [0.05, 0.1) is 7.11 Å². The fourth-order valence-corrected chi connectivity index (χ4v) is 1.70. The van der Waals surface area contributed by atoms with Gasteiger partial charge in [-0.15, -0.1) is 0 Å². The Morgan fingerprint density at radius 3 is 2.50 bits per heavy atom. The van der Waals surface area contributed by atoms with Crippen molar-refractivity contribution in [2.75, 3.05) is 20.8 Å². The fraction of sp³-hybridized carbons (Fsp3) is 0.500. The van der Waals surface area contributed by atoms with E-state index in [1.165, 1.54) is 12.7 Å². The van der Waals surface area contributed by atoms with E-state index in [0.29, 0.717) is 0 Å². The molecule has 0 aliphatic carbocycles. The molecule has 0 fully saturated rings. The number of carbonyl (C=O) groups excluding carboxylic acids is 1. The quantitative estimate of drug-likeness (QED) is 0.803. The number of ether oxygens (including phenoxy) is 2. The van der Waals surface area contributed by atoms with Gasteiger partial charge in [0.15, 0.2) is 0 Å². The number of hydrogen-bond donors (Lipinski definition) is 1. The lowest BCUT2D eigenvalue weighted by Crippen LogP contribution is -2.35. The second-order valence-electron chi connectivity index (χ2n) is 4.29. The van der Waals surface area contributed by atoms with Crippen LogP contribution < -0.4 is 10.1 Å². The van der Waals surface area contributed by atoms with Crippen LogP contribution in [-0.4, -0.2) is 32.8 Å². The van der Waals surface area contributed by atoms with Gasteiger partial charge in [0.1, 0.15) is 12.4 Å². The predicted octanol–water partition coefficient (Wildman–Crippen LogP) is 1.78. The first kappa shape index (κ1) is 14.5. The number of nitrogens with one attached hydrogen (secondary N) is 1. The van der Waals surface area contributed by atoms with Gasteiger partial charge in [-0.05, 0) is 37.5 Å². The Labute approximate surface area is 108 Å². The Hall–Kier alpha value is -1.55. The van der Waals surface area contributed by atoms with Gasteiger partial charge in [-0.3, -0.25) is 4.79 Å². The first-order valence-electron chi connectivity index (χ1n) is 6.07. The van der Waals surface area contributed by atoms with E-state index < -0.39 is 0 Å². The van der Waals surface area contributed by atoms with Crippen molar-refractivity contribution in [2.24, 2.45) is 0 Å². The van der Waals surface area contributed by atoms with Crippen molar-refractivity contribution >= 4 is 5.91 Å². The highest BCUT2D eigenvalue weighted by Gasteiger charge is 2.06. The van der Waals surface area contributed by atoms with Crippen LogP contribution in [-0.2, 0) is 16.0 Å². The zero-order valence-electron chi connectivity index (χ0n) is 11.2. The summed E-state index contributed by atoms with van der Waals surface area (Å²) in [6.45, 7) is 2.12. The lowest BCUT2D eigenvalue weighted by molar-refractivity contribution is -0.125. The number of benzene rings is 1. The van der Waals surface area contributed by atoms with Gasteiger partial charge in [-0.1, -0.05) is 12.1 Å². The lowest BCUT2D eigenvalue weighted by atomic mass is 10.1. The van der Waals surface area contributed by atoms with Crippen LogP contribution in [0.15, 0.2) is 24.3 Å². The minimum atomic E-state index is -0.0697. The number of carbonyl (C=O) groups is 1. The molecule has 100 valence electrons. The van der Waals surface area contributed by atoms with Gasteiger partial charge >= 0.3 is 0 Å². The van der Waals surface area contributed by atoms with Crippen LogP contribution in [0.4, 0.5) is 0 Å². The molecule has 0 radical (unpaired) electrons. The van der Waals surface area contributed by atoms with Crippen LogP contribution in [0.5, 0.6) is 5.75 Å². The van der Waals surface area contributed by atoms with E-state index in [0.717, 1.165) is 18.6 Å². The van der Waals surface area contributed by atoms with Gasteiger partial charge in [-0.2, -0.15) is 0 Å². The maximum absolute atomic E-state index is 11.3. The van der Waals surface area contributed by atoms with Gasteiger partial charge in [0.25, 0.3) is 0 Å². The highest BCUT2D eigenvalue weighted by molar-refractivity contribution is 5.77. The van der Waals surface area contributed by atoms with Crippen molar-refractivity contribution in [1.82, 2.24) is 5.32 Å². The van der Waals surface area contributed by atoms with Crippen molar-refractivity contribution in [3.8, 4) is 5.75 Å². The van der Waals surface area contributed by atoms with E-state index in [1.807, 2.05) is 31.2 Å². The first-order chi connectivity index (χ1) is 8.65. The van der Waals surface area contributed by atoms with Crippen molar-refractivity contribution in [1.29, 1.82) is 0 Å². The second-order valence-corrected chi connectivity index (χ2v) is 4.29. The summed E-state index contributed by atoms with van der Waals surface area (Å²) in [5, 5.41) is 2.88. The second kappa shape index (κ2) is 7.71. The Kier molecular flexibility index (Phi) is 6.22. The van der Waals surface area contributed by atoms with Gasteiger partial charge in [-0.25, -0.2) is 0 Å². The van der Waals surface area contributed by atoms with Crippen LogP contribution in [0.2, 0.25) is 0 Å². The summed E-state index contributed by atoms with van der Waals surface area (Å²) >= 11 is 0. The van der Waals surface area contributed by atoms with Crippen LogP contribution in [0.1, 0.15) is 18.9 Å². The minimum absolute atomic E-state index is 0.0697. The third kappa shape index (κ3) is 5.19. The monoisotopic (exact) mass is 251 g/mol. The van der Waals surface area contributed by atoms with Crippen LogP contribution in [0.3, 0.4) is 0 Å². The normalized spacial score (nSPS) is 11.9. The number of methoxy groups -OCH3 is 2. The van der Waals surface area contributed by atoms with E-state index in [2.05, 4.69) is 5.32 Å². The molecule has 0 aliphatic rings. The summed E-state index contributed by atoms with van der Waals surface area (Å²) in [5.74, 6) is 0.792. The molecule has 4 nitrogen and oxygen atoms in total. The van der Waals surface area contributed by atoms with Crippen molar-refractivity contribution < 1.29 is 14.3 Å². The number of aryl methyl sites for hydroxylation is 1. The molecular formula is C14H21NO3. The van der Waals surface area contributed by atoms with Gasteiger partial charge in [0, 0.05) is 13.2 Å². The molecule has 1 aromatic carbocycles.